The Balaban J connectivity index is 2.08. The van der Waals surface area contributed by atoms with Crippen LogP contribution in [0.5, 0.6) is 0 Å². The highest BCUT2D eigenvalue weighted by Gasteiger charge is 2.16. The predicted molar refractivity (Wildman–Crippen MR) is 53.7 cm³/mol. The minimum absolute atomic E-state index is 0.316. The maximum atomic E-state index is 5.89. The van der Waals surface area contributed by atoms with E-state index in [9.17, 15) is 0 Å². The van der Waals surface area contributed by atoms with Gasteiger partial charge in [0.2, 0.25) is 0 Å². The summed E-state index contributed by atoms with van der Waals surface area (Å²) in [5.74, 6) is 1.05. The summed E-state index contributed by atoms with van der Waals surface area (Å²) in [6.45, 7) is 2.03. The van der Waals surface area contributed by atoms with E-state index in [1.165, 1.54) is 6.42 Å². The zero-order valence-electron chi connectivity index (χ0n) is 7.69. The van der Waals surface area contributed by atoms with Crippen LogP contribution in [-0.2, 0) is 0 Å². The fraction of sp³-hybridized carbons (Fsp3) is 0.500. The number of nitrogens with zero attached hydrogens (tertiary/aromatic N) is 2. The van der Waals surface area contributed by atoms with Gasteiger partial charge < -0.3 is 10.6 Å². The molecule has 13 heavy (non-hydrogen) atoms. The summed E-state index contributed by atoms with van der Waals surface area (Å²) in [5.41, 5.74) is 5.89. The lowest BCUT2D eigenvalue weighted by atomic mass is 10.1. The quantitative estimate of drug-likeness (QED) is 0.696. The van der Waals surface area contributed by atoms with Gasteiger partial charge in [0.15, 0.2) is 0 Å². The van der Waals surface area contributed by atoms with E-state index in [0.29, 0.717) is 6.04 Å². The van der Waals surface area contributed by atoms with E-state index >= 15 is 0 Å². The summed E-state index contributed by atoms with van der Waals surface area (Å²) in [7, 11) is 0. The smallest absolute Gasteiger partial charge is 0.128 e. The van der Waals surface area contributed by atoms with Crippen LogP contribution in [0.15, 0.2) is 24.4 Å². The van der Waals surface area contributed by atoms with Crippen molar-refractivity contribution in [1.82, 2.24) is 4.98 Å². The van der Waals surface area contributed by atoms with Gasteiger partial charge in [0.05, 0.1) is 0 Å². The van der Waals surface area contributed by atoms with Crippen LogP contribution in [0.25, 0.3) is 0 Å². The molecule has 3 heteroatoms. The second kappa shape index (κ2) is 3.75. The third kappa shape index (κ3) is 1.98. The zero-order chi connectivity index (χ0) is 9.10. The minimum Gasteiger partial charge on any atom is -0.355 e. The third-order valence-corrected chi connectivity index (χ3v) is 2.43. The van der Waals surface area contributed by atoms with Crippen LogP contribution in [0.4, 0.5) is 5.82 Å². The Labute approximate surface area is 78.6 Å². The zero-order valence-corrected chi connectivity index (χ0v) is 7.69. The first-order chi connectivity index (χ1) is 6.36. The number of aromatic nitrogens is 1. The van der Waals surface area contributed by atoms with E-state index in [2.05, 4.69) is 9.88 Å². The lowest BCUT2D eigenvalue weighted by Gasteiger charge is -2.31. The number of anilines is 1. The van der Waals surface area contributed by atoms with E-state index < -0.39 is 0 Å². The fourth-order valence-corrected chi connectivity index (χ4v) is 1.76. The molecular formula is C10H15N3. The molecule has 1 aliphatic heterocycles. The van der Waals surface area contributed by atoms with Crippen LogP contribution in [-0.4, -0.2) is 24.1 Å². The largest absolute Gasteiger partial charge is 0.355 e. The van der Waals surface area contributed by atoms with E-state index in [1.807, 2.05) is 24.4 Å². The lowest BCUT2D eigenvalue weighted by Crippen LogP contribution is -2.43. The standard InChI is InChI=1S/C10H15N3/c11-9-4-3-7-13(8-9)10-5-1-2-6-12-10/h1-2,5-6,9H,3-4,7-8,11H2/t9-/m1/s1. The molecule has 0 amide bonds. The van der Waals surface area contributed by atoms with Crippen molar-refractivity contribution >= 4 is 5.82 Å². The third-order valence-electron chi connectivity index (χ3n) is 2.43. The summed E-state index contributed by atoms with van der Waals surface area (Å²) in [4.78, 5) is 6.57. The molecule has 0 saturated carbocycles. The van der Waals surface area contributed by atoms with Crippen molar-refractivity contribution in [3.63, 3.8) is 0 Å². The van der Waals surface area contributed by atoms with Gasteiger partial charge in [0.1, 0.15) is 5.82 Å². The molecule has 2 N–H and O–H groups in total. The molecule has 0 aromatic carbocycles. The summed E-state index contributed by atoms with van der Waals surface area (Å²) >= 11 is 0. The summed E-state index contributed by atoms with van der Waals surface area (Å²) < 4.78 is 0. The first kappa shape index (κ1) is 8.51. The molecule has 0 radical (unpaired) electrons. The monoisotopic (exact) mass is 177 g/mol. The number of hydrogen-bond donors (Lipinski definition) is 1. The molecule has 1 aromatic heterocycles. The second-order valence-corrected chi connectivity index (χ2v) is 3.54. The maximum absolute atomic E-state index is 5.89. The van der Waals surface area contributed by atoms with Crippen molar-refractivity contribution in [3.05, 3.63) is 24.4 Å². The number of pyridine rings is 1. The Bertz CT molecular complexity index is 260. The average molecular weight is 177 g/mol. The molecule has 1 saturated heterocycles. The number of rotatable bonds is 1. The van der Waals surface area contributed by atoms with Gasteiger partial charge in [-0.15, -0.1) is 0 Å². The Morgan fingerprint density at radius 1 is 1.46 bits per heavy atom. The van der Waals surface area contributed by atoms with Crippen LogP contribution in [0.2, 0.25) is 0 Å². The van der Waals surface area contributed by atoms with Gasteiger partial charge in [-0.25, -0.2) is 4.98 Å². The summed E-state index contributed by atoms with van der Waals surface area (Å²) in [6, 6.07) is 6.31. The van der Waals surface area contributed by atoms with Crippen LogP contribution in [0.3, 0.4) is 0 Å². The van der Waals surface area contributed by atoms with Crippen molar-refractivity contribution in [2.75, 3.05) is 18.0 Å². The van der Waals surface area contributed by atoms with Crippen molar-refractivity contribution in [2.45, 2.75) is 18.9 Å². The van der Waals surface area contributed by atoms with Gasteiger partial charge in [0, 0.05) is 25.3 Å². The highest BCUT2D eigenvalue weighted by atomic mass is 15.2. The molecule has 2 heterocycles. The first-order valence-corrected chi connectivity index (χ1v) is 4.78. The molecule has 0 bridgehead atoms. The number of nitrogens with two attached hydrogens (primary N) is 1. The SMILES string of the molecule is N[C@@H]1CCCN(c2ccccn2)C1. The molecule has 1 aliphatic rings. The average Bonchev–Trinajstić information content (AvgIpc) is 2.19. The molecule has 1 atom stereocenters. The molecule has 0 aliphatic carbocycles. The van der Waals surface area contributed by atoms with Crippen LogP contribution < -0.4 is 10.6 Å². The molecule has 70 valence electrons. The Kier molecular flexibility index (Phi) is 2.45. The predicted octanol–water partition coefficient (Wildman–Crippen LogP) is 1.01. The highest BCUT2D eigenvalue weighted by molar-refractivity contribution is 5.38. The van der Waals surface area contributed by atoms with Crippen molar-refractivity contribution < 1.29 is 0 Å². The van der Waals surface area contributed by atoms with E-state index in [4.69, 9.17) is 5.73 Å². The summed E-state index contributed by atoms with van der Waals surface area (Å²) in [5, 5.41) is 0. The van der Waals surface area contributed by atoms with Crippen LogP contribution >= 0.6 is 0 Å². The van der Waals surface area contributed by atoms with Crippen LogP contribution in [0, 0.1) is 0 Å². The van der Waals surface area contributed by atoms with Crippen molar-refractivity contribution in [1.29, 1.82) is 0 Å². The molecule has 2 rings (SSSR count). The summed E-state index contributed by atoms with van der Waals surface area (Å²) in [6.07, 6.45) is 4.15. The Hall–Kier alpha value is -1.09. The van der Waals surface area contributed by atoms with Gasteiger partial charge in [-0.3, -0.25) is 0 Å². The normalized spacial score (nSPS) is 23.2. The fourth-order valence-electron chi connectivity index (χ4n) is 1.76. The molecule has 1 fully saturated rings. The minimum atomic E-state index is 0.316. The van der Waals surface area contributed by atoms with Crippen molar-refractivity contribution in [2.24, 2.45) is 5.73 Å². The lowest BCUT2D eigenvalue weighted by molar-refractivity contribution is 0.503. The highest BCUT2D eigenvalue weighted by Crippen LogP contribution is 2.15. The van der Waals surface area contributed by atoms with Gasteiger partial charge in [0.25, 0.3) is 0 Å². The van der Waals surface area contributed by atoms with Gasteiger partial charge in [-0.2, -0.15) is 0 Å². The Morgan fingerprint density at radius 2 is 2.38 bits per heavy atom. The first-order valence-electron chi connectivity index (χ1n) is 4.78. The second-order valence-electron chi connectivity index (χ2n) is 3.54. The van der Waals surface area contributed by atoms with Crippen LogP contribution in [0.1, 0.15) is 12.8 Å². The molecule has 0 spiro atoms. The van der Waals surface area contributed by atoms with Gasteiger partial charge in [-0.05, 0) is 25.0 Å². The number of hydrogen-bond acceptors (Lipinski definition) is 3. The van der Waals surface area contributed by atoms with E-state index in [1.54, 1.807) is 0 Å². The molecular weight excluding hydrogens is 162 g/mol. The Morgan fingerprint density at radius 3 is 3.08 bits per heavy atom. The molecule has 0 unspecified atom stereocenters. The van der Waals surface area contributed by atoms with Gasteiger partial charge in [-0.1, -0.05) is 6.07 Å². The molecule has 3 nitrogen and oxygen atoms in total. The number of piperidine rings is 1. The maximum Gasteiger partial charge on any atom is 0.128 e. The van der Waals surface area contributed by atoms with Gasteiger partial charge >= 0.3 is 0 Å². The topological polar surface area (TPSA) is 42.1 Å². The van der Waals surface area contributed by atoms with E-state index in [-0.39, 0.29) is 0 Å². The van der Waals surface area contributed by atoms with E-state index in [0.717, 1.165) is 25.3 Å². The van der Waals surface area contributed by atoms with Crippen molar-refractivity contribution in [3.8, 4) is 0 Å². The molecule has 1 aromatic rings.